The van der Waals surface area contributed by atoms with Crippen molar-refractivity contribution < 1.29 is 29.0 Å². The zero-order valence-electron chi connectivity index (χ0n) is 24.7. The number of H-pyrrole nitrogens is 1. The van der Waals surface area contributed by atoms with Gasteiger partial charge in [0.1, 0.15) is 16.9 Å². The number of para-hydroxylation sites is 1. The normalized spacial score (nSPS) is 16.2. The lowest BCUT2D eigenvalue weighted by Crippen LogP contribution is -2.48. The van der Waals surface area contributed by atoms with E-state index in [-0.39, 0.29) is 25.4 Å². The summed E-state index contributed by atoms with van der Waals surface area (Å²) < 4.78 is 10.6. The van der Waals surface area contributed by atoms with Gasteiger partial charge in [-0.15, -0.1) is 0 Å². The highest BCUT2D eigenvalue weighted by atomic mass is 16.6. The summed E-state index contributed by atoms with van der Waals surface area (Å²) in [6.45, 7) is 10.5. The molecule has 0 spiro atoms. The lowest BCUT2D eigenvalue weighted by molar-refractivity contribution is 0.0438. The summed E-state index contributed by atoms with van der Waals surface area (Å²) in [5.74, 6) is 0.0382. The third kappa shape index (κ3) is 9.73. The SMILES string of the molecule is CC(C)(C)OC(=O)NCC(O)C[C@@H](CNC(=O)c1[nH]c2ccccc2c1C1CCCCC1)NC(=O)OC(C)(C)C. The summed E-state index contributed by atoms with van der Waals surface area (Å²) in [6, 6.07) is 7.29. The lowest BCUT2D eigenvalue weighted by atomic mass is 9.82. The first-order valence-corrected chi connectivity index (χ1v) is 14.2. The molecule has 10 heteroatoms. The van der Waals surface area contributed by atoms with E-state index in [1.165, 1.54) is 6.42 Å². The molecule has 1 heterocycles. The molecule has 40 heavy (non-hydrogen) atoms. The number of carbonyl (C=O) groups is 3. The maximum Gasteiger partial charge on any atom is 0.407 e. The van der Waals surface area contributed by atoms with E-state index in [9.17, 15) is 19.5 Å². The summed E-state index contributed by atoms with van der Waals surface area (Å²) >= 11 is 0. The van der Waals surface area contributed by atoms with Crippen LogP contribution in [0.25, 0.3) is 10.9 Å². The highest BCUT2D eigenvalue weighted by molar-refractivity contribution is 6.01. The van der Waals surface area contributed by atoms with Crippen molar-refractivity contribution in [3.63, 3.8) is 0 Å². The molecule has 1 aliphatic carbocycles. The van der Waals surface area contributed by atoms with Crippen molar-refractivity contribution in [2.45, 2.75) is 109 Å². The van der Waals surface area contributed by atoms with Gasteiger partial charge in [-0.25, -0.2) is 9.59 Å². The number of nitrogens with one attached hydrogen (secondary N) is 4. The average Bonchev–Trinajstić information content (AvgIpc) is 3.24. The molecule has 1 fully saturated rings. The van der Waals surface area contributed by atoms with Crippen LogP contribution in [0.4, 0.5) is 9.59 Å². The minimum absolute atomic E-state index is 0.0566. The number of aromatic nitrogens is 1. The minimum atomic E-state index is -1.00. The van der Waals surface area contributed by atoms with E-state index < -0.39 is 35.5 Å². The fourth-order valence-electron chi connectivity index (χ4n) is 5.06. The van der Waals surface area contributed by atoms with Crippen LogP contribution in [0.1, 0.15) is 102 Å². The Balaban J connectivity index is 1.71. The second-order valence-corrected chi connectivity index (χ2v) is 12.6. The smallest absolute Gasteiger partial charge is 0.407 e. The molecule has 1 aromatic heterocycles. The summed E-state index contributed by atoms with van der Waals surface area (Å²) in [4.78, 5) is 41.4. The van der Waals surface area contributed by atoms with Gasteiger partial charge in [0.25, 0.3) is 5.91 Å². The van der Waals surface area contributed by atoms with Gasteiger partial charge in [0.15, 0.2) is 0 Å². The molecule has 0 radical (unpaired) electrons. The van der Waals surface area contributed by atoms with Crippen LogP contribution in [0.3, 0.4) is 0 Å². The second kappa shape index (κ2) is 13.4. The standard InChI is InChI=1S/C30H46N4O6/c1-29(2,3)39-27(37)32-18-21(35)16-20(33-28(38)40-30(4,5)6)17-31-26(36)25-24(19-12-8-7-9-13-19)22-14-10-11-15-23(22)34-25/h10-11,14-15,19-21,34-35H,7-9,12-13,16-18H2,1-6H3,(H,31,36)(H,32,37)(H,33,38)/t20-,21?/m0/s1. The molecule has 1 aromatic carbocycles. The van der Waals surface area contributed by atoms with E-state index in [0.717, 1.165) is 42.1 Å². The molecule has 2 aromatic rings. The van der Waals surface area contributed by atoms with Crippen molar-refractivity contribution in [2.24, 2.45) is 0 Å². The summed E-state index contributed by atoms with van der Waals surface area (Å²) in [5.41, 5.74) is 1.12. The molecule has 1 unspecified atom stereocenters. The second-order valence-electron chi connectivity index (χ2n) is 12.6. The van der Waals surface area contributed by atoms with Gasteiger partial charge < -0.3 is 35.5 Å². The van der Waals surface area contributed by atoms with Crippen LogP contribution in [0.5, 0.6) is 0 Å². The number of amides is 3. The lowest BCUT2D eigenvalue weighted by Gasteiger charge is -2.26. The van der Waals surface area contributed by atoms with Gasteiger partial charge in [-0.1, -0.05) is 37.5 Å². The first kappa shape index (κ1) is 31.3. The van der Waals surface area contributed by atoms with E-state index in [1.54, 1.807) is 41.5 Å². The summed E-state index contributed by atoms with van der Waals surface area (Å²) in [5, 5.41) is 19.9. The molecule has 3 amide bonds. The number of hydrogen-bond donors (Lipinski definition) is 5. The molecule has 0 bridgehead atoms. The van der Waals surface area contributed by atoms with Crippen molar-refractivity contribution in [3.8, 4) is 0 Å². The Morgan fingerprint density at radius 3 is 2.20 bits per heavy atom. The van der Waals surface area contributed by atoms with E-state index in [4.69, 9.17) is 9.47 Å². The number of aromatic amines is 1. The maximum absolute atomic E-state index is 13.5. The van der Waals surface area contributed by atoms with Crippen LogP contribution in [-0.4, -0.2) is 64.6 Å². The summed E-state index contributed by atoms with van der Waals surface area (Å²) in [6.07, 6.45) is 3.34. The van der Waals surface area contributed by atoms with E-state index >= 15 is 0 Å². The Hall–Kier alpha value is -3.27. The number of aliphatic hydroxyl groups is 1. The van der Waals surface area contributed by atoms with Crippen molar-refractivity contribution in [2.75, 3.05) is 13.1 Å². The highest BCUT2D eigenvalue weighted by Crippen LogP contribution is 2.38. The number of hydrogen-bond acceptors (Lipinski definition) is 6. The quantitative estimate of drug-likeness (QED) is 0.289. The van der Waals surface area contributed by atoms with E-state index in [1.807, 2.05) is 24.3 Å². The number of benzene rings is 1. The van der Waals surface area contributed by atoms with Crippen molar-refractivity contribution in [1.82, 2.24) is 20.9 Å². The molecular formula is C30H46N4O6. The third-order valence-corrected chi connectivity index (χ3v) is 6.65. The molecule has 1 aliphatic rings. The molecule has 10 nitrogen and oxygen atoms in total. The molecule has 222 valence electrons. The number of alkyl carbamates (subject to hydrolysis) is 2. The van der Waals surface area contributed by atoms with Gasteiger partial charge in [0, 0.05) is 24.0 Å². The topological polar surface area (TPSA) is 142 Å². The average molecular weight is 559 g/mol. The predicted molar refractivity (Wildman–Crippen MR) is 154 cm³/mol. The van der Waals surface area contributed by atoms with Crippen molar-refractivity contribution >= 4 is 29.0 Å². The number of aliphatic hydroxyl groups excluding tert-OH is 1. The number of ether oxygens (including phenoxy) is 2. The highest BCUT2D eigenvalue weighted by Gasteiger charge is 2.28. The first-order valence-electron chi connectivity index (χ1n) is 14.2. The molecule has 0 saturated heterocycles. The molecular weight excluding hydrogens is 512 g/mol. The number of rotatable bonds is 9. The monoisotopic (exact) mass is 558 g/mol. The third-order valence-electron chi connectivity index (χ3n) is 6.65. The number of carbonyl (C=O) groups excluding carboxylic acids is 3. The fourth-order valence-corrected chi connectivity index (χ4v) is 5.06. The molecule has 3 rings (SSSR count). The van der Waals surface area contributed by atoms with Crippen LogP contribution >= 0.6 is 0 Å². The van der Waals surface area contributed by atoms with Crippen molar-refractivity contribution in [3.05, 3.63) is 35.5 Å². The van der Waals surface area contributed by atoms with Gasteiger partial charge in [-0.2, -0.15) is 0 Å². The molecule has 2 atom stereocenters. The maximum atomic E-state index is 13.5. The van der Waals surface area contributed by atoms with E-state index in [2.05, 4.69) is 20.9 Å². The Bertz CT molecular complexity index is 1160. The predicted octanol–water partition coefficient (Wildman–Crippen LogP) is 5.11. The zero-order chi connectivity index (χ0) is 29.5. The largest absolute Gasteiger partial charge is 0.444 e. The Morgan fingerprint density at radius 1 is 0.925 bits per heavy atom. The van der Waals surface area contributed by atoms with Gasteiger partial charge >= 0.3 is 12.2 Å². The van der Waals surface area contributed by atoms with Crippen LogP contribution in [-0.2, 0) is 9.47 Å². The van der Waals surface area contributed by atoms with Crippen LogP contribution < -0.4 is 16.0 Å². The zero-order valence-corrected chi connectivity index (χ0v) is 24.7. The molecule has 5 N–H and O–H groups in total. The Morgan fingerprint density at radius 2 is 1.55 bits per heavy atom. The van der Waals surface area contributed by atoms with Gasteiger partial charge in [0.05, 0.1) is 12.1 Å². The van der Waals surface area contributed by atoms with Crippen LogP contribution in [0, 0.1) is 0 Å². The van der Waals surface area contributed by atoms with E-state index in [0.29, 0.717) is 11.6 Å². The molecule has 0 aliphatic heterocycles. The number of fused-ring (bicyclic) bond motifs is 1. The van der Waals surface area contributed by atoms with Gasteiger partial charge in [0.2, 0.25) is 0 Å². The Kier molecular flexibility index (Phi) is 10.5. The minimum Gasteiger partial charge on any atom is -0.444 e. The first-order chi connectivity index (χ1) is 18.7. The fraction of sp³-hybridized carbons (Fsp3) is 0.633. The molecule has 1 saturated carbocycles. The Labute approximate surface area is 237 Å². The van der Waals surface area contributed by atoms with Crippen molar-refractivity contribution in [1.29, 1.82) is 0 Å². The van der Waals surface area contributed by atoms with Crippen LogP contribution in [0.2, 0.25) is 0 Å². The van der Waals surface area contributed by atoms with Crippen LogP contribution in [0.15, 0.2) is 24.3 Å². The summed E-state index contributed by atoms with van der Waals surface area (Å²) in [7, 11) is 0. The van der Waals surface area contributed by atoms with Gasteiger partial charge in [-0.05, 0) is 78.4 Å². The van der Waals surface area contributed by atoms with Gasteiger partial charge in [-0.3, -0.25) is 4.79 Å².